The maximum atomic E-state index is 11.0. The number of nitrogens with zero attached hydrogens (tertiary/aromatic N) is 1. The molecule has 3 heteroatoms. The molecule has 0 heterocycles. The smallest absolute Gasteiger partial charge is 0.316 e. The zero-order valence-electron chi connectivity index (χ0n) is 7.26. The third kappa shape index (κ3) is 2.10. The fraction of sp³-hybridized carbons (Fsp3) is 0.875. The van der Waals surface area contributed by atoms with E-state index in [1.807, 2.05) is 7.05 Å². The van der Waals surface area contributed by atoms with Crippen LogP contribution in [0.25, 0.3) is 0 Å². The van der Waals surface area contributed by atoms with Crippen LogP contribution in [0.2, 0.25) is 0 Å². The first-order valence-corrected chi connectivity index (χ1v) is 4.17. The Labute approximate surface area is 67.8 Å². The number of carbonyl (C=O) groups excluding carboxylic acids is 1. The molecule has 0 radical (unpaired) electrons. The fourth-order valence-corrected chi connectivity index (χ4v) is 1.34. The van der Waals surface area contributed by atoms with Crippen LogP contribution in [0.1, 0.15) is 19.3 Å². The van der Waals surface area contributed by atoms with Gasteiger partial charge in [-0.3, -0.25) is 0 Å². The Morgan fingerprint density at radius 2 is 2.27 bits per heavy atom. The van der Waals surface area contributed by atoms with Crippen LogP contribution < -0.4 is 5.32 Å². The Morgan fingerprint density at radius 3 is 2.64 bits per heavy atom. The average molecular weight is 156 g/mol. The van der Waals surface area contributed by atoms with Crippen LogP contribution >= 0.6 is 0 Å². The zero-order valence-corrected chi connectivity index (χ0v) is 7.26. The number of hydrogen-bond acceptors (Lipinski definition) is 1. The Kier molecular flexibility index (Phi) is 2.74. The van der Waals surface area contributed by atoms with Gasteiger partial charge in [-0.25, -0.2) is 4.79 Å². The highest BCUT2D eigenvalue weighted by Crippen LogP contribution is 2.26. The van der Waals surface area contributed by atoms with Gasteiger partial charge in [0.1, 0.15) is 0 Å². The summed E-state index contributed by atoms with van der Waals surface area (Å²) >= 11 is 0. The molecule has 0 aromatic heterocycles. The molecular formula is C8H16N2O. The quantitative estimate of drug-likeness (QED) is 0.637. The Balaban J connectivity index is 2.18. The predicted octanol–water partition coefficient (Wildman–Crippen LogP) is 1.06. The largest absolute Gasteiger partial charge is 0.341 e. The van der Waals surface area contributed by atoms with Crippen LogP contribution in [0.15, 0.2) is 0 Å². The molecule has 0 atom stereocenters. The molecule has 0 aromatic rings. The van der Waals surface area contributed by atoms with E-state index in [1.54, 1.807) is 11.9 Å². The Morgan fingerprint density at radius 1 is 1.64 bits per heavy atom. The summed E-state index contributed by atoms with van der Waals surface area (Å²) in [5.41, 5.74) is 0. The van der Waals surface area contributed by atoms with Gasteiger partial charge in [-0.15, -0.1) is 0 Å². The van der Waals surface area contributed by atoms with Crippen molar-refractivity contribution in [3.63, 3.8) is 0 Å². The van der Waals surface area contributed by atoms with E-state index in [4.69, 9.17) is 0 Å². The zero-order chi connectivity index (χ0) is 8.27. The van der Waals surface area contributed by atoms with Gasteiger partial charge in [0.2, 0.25) is 0 Å². The van der Waals surface area contributed by atoms with Crippen molar-refractivity contribution in [1.29, 1.82) is 0 Å². The molecule has 1 saturated carbocycles. The van der Waals surface area contributed by atoms with Crippen LogP contribution in [-0.4, -0.2) is 31.6 Å². The van der Waals surface area contributed by atoms with Crippen molar-refractivity contribution >= 4 is 6.03 Å². The van der Waals surface area contributed by atoms with Crippen molar-refractivity contribution in [3.8, 4) is 0 Å². The molecule has 1 rings (SSSR count). The molecule has 64 valence electrons. The highest BCUT2D eigenvalue weighted by Gasteiger charge is 2.20. The highest BCUT2D eigenvalue weighted by molar-refractivity contribution is 5.73. The summed E-state index contributed by atoms with van der Waals surface area (Å²) in [5, 5.41) is 2.61. The summed E-state index contributed by atoms with van der Waals surface area (Å²) in [6, 6.07) is 0.0249. The number of amides is 2. The number of carbonyl (C=O) groups is 1. The van der Waals surface area contributed by atoms with E-state index in [0.717, 1.165) is 12.5 Å². The molecule has 0 aliphatic heterocycles. The van der Waals surface area contributed by atoms with Crippen LogP contribution in [0, 0.1) is 5.92 Å². The van der Waals surface area contributed by atoms with E-state index in [1.165, 1.54) is 19.3 Å². The first-order chi connectivity index (χ1) is 5.24. The van der Waals surface area contributed by atoms with Crippen LogP contribution in [-0.2, 0) is 0 Å². The topological polar surface area (TPSA) is 32.3 Å². The number of urea groups is 1. The summed E-state index contributed by atoms with van der Waals surface area (Å²) in [6.45, 7) is 0.916. The molecule has 2 amide bonds. The first-order valence-electron chi connectivity index (χ1n) is 4.17. The van der Waals surface area contributed by atoms with E-state index in [2.05, 4.69) is 5.32 Å². The molecular weight excluding hydrogens is 140 g/mol. The average Bonchev–Trinajstić information content (AvgIpc) is 1.94. The van der Waals surface area contributed by atoms with E-state index < -0.39 is 0 Å². The summed E-state index contributed by atoms with van der Waals surface area (Å²) in [6.07, 6.45) is 3.93. The lowest BCUT2D eigenvalue weighted by molar-refractivity contribution is 0.184. The van der Waals surface area contributed by atoms with Gasteiger partial charge in [0.05, 0.1) is 0 Å². The predicted molar refractivity (Wildman–Crippen MR) is 44.4 cm³/mol. The minimum atomic E-state index is 0.0249. The molecule has 0 spiro atoms. The second-order valence-electron chi connectivity index (χ2n) is 3.23. The van der Waals surface area contributed by atoms with E-state index in [-0.39, 0.29) is 6.03 Å². The lowest BCUT2D eigenvalue weighted by atomic mass is 9.85. The fourth-order valence-electron chi connectivity index (χ4n) is 1.34. The minimum Gasteiger partial charge on any atom is -0.341 e. The maximum absolute atomic E-state index is 11.0. The molecule has 1 aliphatic rings. The monoisotopic (exact) mass is 156 g/mol. The molecule has 0 aromatic carbocycles. The third-order valence-electron chi connectivity index (χ3n) is 2.32. The molecule has 11 heavy (non-hydrogen) atoms. The van der Waals surface area contributed by atoms with E-state index in [0.29, 0.717) is 0 Å². The van der Waals surface area contributed by atoms with Crippen molar-refractivity contribution in [2.75, 3.05) is 20.6 Å². The van der Waals surface area contributed by atoms with Crippen LogP contribution in [0.3, 0.4) is 0 Å². The maximum Gasteiger partial charge on any atom is 0.316 e. The lowest BCUT2D eigenvalue weighted by Crippen LogP contribution is -2.39. The summed E-state index contributed by atoms with van der Waals surface area (Å²) in [4.78, 5) is 12.8. The molecule has 1 N–H and O–H groups in total. The third-order valence-corrected chi connectivity index (χ3v) is 2.32. The van der Waals surface area contributed by atoms with Gasteiger partial charge in [-0.2, -0.15) is 0 Å². The molecule has 0 bridgehead atoms. The Hall–Kier alpha value is -0.730. The standard InChI is InChI=1S/C8H16N2O/c1-9-8(11)10(2)6-7-4-3-5-7/h7H,3-6H2,1-2H3,(H,9,11). The van der Waals surface area contributed by atoms with Gasteiger partial charge >= 0.3 is 6.03 Å². The van der Waals surface area contributed by atoms with Gasteiger partial charge in [0.15, 0.2) is 0 Å². The van der Waals surface area contributed by atoms with E-state index >= 15 is 0 Å². The van der Waals surface area contributed by atoms with E-state index in [9.17, 15) is 4.79 Å². The van der Waals surface area contributed by atoms with Gasteiger partial charge in [0, 0.05) is 20.6 Å². The summed E-state index contributed by atoms with van der Waals surface area (Å²) < 4.78 is 0. The number of rotatable bonds is 2. The molecule has 3 nitrogen and oxygen atoms in total. The highest BCUT2D eigenvalue weighted by atomic mass is 16.2. The number of nitrogens with one attached hydrogen (secondary N) is 1. The molecule has 0 unspecified atom stereocenters. The normalized spacial score (nSPS) is 17.3. The first kappa shape index (κ1) is 8.37. The second-order valence-corrected chi connectivity index (χ2v) is 3.23. The van der Waals surface area contributed by atoms with Crippen molar-refractivity contribution < 1.29 is 4.79 Å². The SMILES string of the molecule is CNC(=O)N(C)CC1CCC1. The lowest BCUT2D eigenvalue weighted by Gasteiger charge is -2.29. The van der Waals surface area contributed by atoms with Crippen LogP contribution in [0.4, 0.5) is 4.79 Å². The van der Waals surface area contributed by atoms with Gasteiger partial charge in [-0.05, 0) is 18.8 Å². The molecule has 1 aliphatic carbocycles. The number of hydrogen-bond donors (Lipinski definition) is 1. The second kappa shape index (κ2) is 3.60. The van der Waals surface area contributed by atoms with Gasteiger partial charge < -0.3 is 10.2 Å². The van der Waals surface area contributed by atoms with Gasteiger partial charge in [-0.1, -0.05) is 6.42 Å². The van der Waals surface area contributed by atoms with Crippen LogP contribution in [0.5, 0.6) is 0 Å². The Bertz CT molecular complexity index is 143. The van der Waals surface area contributed by atoms with Crippen molar-refractivity contribution in [2.45, 2.75) is 19.3 Å². The van der Waals surface area contributed by atoms with Crippen molar-refractivity contribution in [2.24, 2.45) is 5.92 Å². The summed E-state index contributed by atoms with van der Waals surface area (Å²) in [7, 11) is 3.51. The molecule has 1 fully saturated rings. The van der Waals surface area contributed by atoms with Gasteiger partial charge in [0.25, 0.3) is 0 Å². The molecule has 0 saturated heterocycles. The van der Waals surface area contributed by atoms with Crippen molar-refractivity contribution in [1.82, 2.24) is 10.2 Å². The minimum absolute atomic E-state index is 0.0249. The summed E-state index contributed by atoms with van der Waals surface area (Å²) in [5.74, 6) is 0.761. The van der Waals surface area contributed by atoms with Crippen molar-refractivity contribution in [3.05, 3.63) is 0 Å².